The molecule has 2 unspecified atom stereocenters. The predicted molar refractivity (Wildman–Crippen MR) is 86.4 cm³/mol. The average Bonchev–Trinajstić information content (AvgIpc) is 2.51. The number of aliphatic hydroxyl groups is 1. The lowest BCUT2D eigenvalue weighted by Crippen LogP contribution is -2.39. The van der Waals surface area contributed by atoms with Gasteiger partial charge in [0.2, 0.25) is 0 Å². The molecule has 3 rings (SSSR count). The van der Waals surface area contributed by atoms with Crippen LogP contribution in [0.15, 0.2) is 30.5 Å². The van der Waals surface area contributed by atoms with Crippen molar-refractivity contribution in [2.24, 2.45) is 5.92 Å². The molecular weight excluding hydrogens is 284 g/mol. The number of piperidine rings is 1. The molecule has 0 aliphatic carbocycles. The van der Waals surface area contributed by atoms with Crippen molar-refractivity contribution in [2.45, 2.75) is 32.4 Å². The summed E-state index contributed by atoms with van der Waals surface area (Å²) in [5.41, 5.74) is 2.20. The van der Waals surface area contributed by atoms with Gasteiger partial charge in [0.15, 0.2) is 0 Å². The summed E-state index contributed by atoms with van der Waals surface area (Å²) < 4.78 is 0. The molecule has 0 bridgehead atoms. The Morgan fingerprint density at radius 2 is 2.29 bits per heavy atom. The topological polar surface area (TPSA) is 36.4 Å². The van der Waals surface area contributed by atoms with E-state index in [1.54, 1.807) is 0 Å². The molecule has 0 radical (unpaired) electrons. The minimum absolute atomic E-state index is 0.229. The van der Waals surface area contributed by atoms with E-state index in [0.29, 0.717) is 5.92 Å². The largest absolute Gasteiger partial charge is 0.393 e. The molecule has 1 aliphatic heterocycles. The Morgan fingerprint density at radius 3 is 3.10 bits per heavy atom. The SMILES string of the molecule is CC(O)C1CCCN(Cc2ccc(Cl)c3cccnc23)C1. The number of hydrogen-bond acceptors (Lipinski definition) is 3. The van der Waals surface area contributed by atoms with Crippen LogP contribution in [0.5, 0.6) is 0 Å². The van der Waals surface area contributed by atoms with Gasteiger partial charge in [-0.15, -0.1) is 0 Å². The smallest absolute Gasteiger partial charge is 0.0761 e. The van der Waals surface area contributed by atoms with E-state index in [9.17, 15) is 5.11 Å². The summed E-state index contributed by atoms with van der Waals surface area (Å²) >= 11 is 6.25. The van der Waals surface area contributed by atoms with E-state index in [-0.39, 0.29) is 6.10 Å². The minimum atomic E-state index is -0.229. The lowest BCUT2D eigenvalue weighted by Gasteiger charge is -2.34. The van der Waals surface area contributed by atoms with Crippen LogP contribution < -0.4 is 0 Å². The monoisotopic (exact) mass is 304 g/mol. The molecule has 21 heavy (non-hydrogen) atoms. The zero-order chi connectivity index (χ0) is 14.8. The van der Waals surface area contributed by atoms with Crippen LogP contribution in [-0.2, 0) is 6.54 Å². The van der Waals surface area contributed by atoms with E-state index < -0.39 is 0 Å². The van der Waals surface area contributed by atoms with Gasteiger partial charge in [0.25, 0.3) is 0 Å². The second-order valence-corrected chi connectivity index (χ2v) is 6.39. The first kappa shape index (κ1) is 14.8. The minimum Gasteiger partial charge on any atom is -0.393 e. The van der Waals surface area contributed by atoms with Gasteiger partial charge in [-0.2, -0.15) is 0 Å². The van der Waals surface area contributed by atoms with Crippen molar-refractivity contribution >= 4 is 22.5 Å². The second-order valence-electron chi connectivity index (χ2n) is 5.98. The highest BCUT2D eigenvalue weighted by Gasteiger charge is 2.23. The molecule has 0 amide bonds. The van der Waals surface area contributed by atoms with Crippen LogP contribution in [0.1, 0.15) is 25.3 Å². The first-order chi connectivity index (χ1) is 10.1. The standard InChI is InChI=1S/C17H21ClN2O/c1-12(21)13-4-3-9-20(10-13)11-14-6-7-16(18)15-5-2-8-19-17(14)15/h2,5-8,12-13,21H,3-4,9-11H2,1H3. The maximum absolute atomic E-state index is 9.81. The quantitative estimate of drug-likeness (QED) is 0.943. The normalized spacial score (nSPS) is 21.6. The fourth-order valence-corrected chi connectivity index (χ4v) is 3.41. The average molecular weight is 305 g/mol. The maximum Gasteiger partial charge on any atom is 0.0761 e. The Labute approximate surface area is 130 Å². The van der Waals surface area contributed by atoms with E-state index >= 15 is 0 Å². The van der Waals surface area contributed by atoms with Gasteiger partial charge in [-0.3, -0.25) is 9.88 Å². The summed E-state index contributed by atoms with van der Waals surface area (Å²) in [5.74, 6) is 0.380. The van der Waals surface area contributed by atoms with Crippen molar-refractivity contribution in [3.05, 3.63) is 41.0 Å². The zero-order valence-corrected chi connectivity index (χ0v) is 13.1. The van der Waals surface area contributed by atoms with Crippen LogP contribution in [0.3, 0.4) is 0 Å². The molecule has 1 aliphatic rings. The summed E-state index contributed by atoms with van der Waals surface area (Å²) in [4.78, 5) is 6.92. The molecule has 112 valence electrons. The third kappa shape index (κ3) is 3.20. The maximum atomic E-state index is 9.81. The van der Waals surface area contributed by atoms with E-state index in [4.69, 9.17) is 11.6 Å². The van der Waals surface area contributed by atoms with Gasteiger partial charge in [-0.25, -0.2) is 0 Å². The van der Waals surface area contributed by atoms with Crippen LogP contribution >= 0.6 is 11.6 Å². The molecule has 2 atom stereocenters. The summed E-state index contributed by atoms with van der Waals surface area (Å²) in [5, 5.41) is 11.6. The first-order valence-electron chi connectivity index (χ1n) is 7.57. The van der Waals surface area contributed by atoms with Crippen LogP contribution in [0.25, 0.3) is 10.9 Å². The first-order valence-corrected chi connectivity index (χ1v) is 7.95. The Hall–Kier alpha value is -1.16. The van der Waals surface area contributed by atoms with E-state index in [2.05, 4.69) is 16.0 Å². The van der Waals surface area contributed by atoms with Crippen molar-refractivity contribution in [3.8, 4) is 0 Å². The number of aliphatic hydroxyl groups excluding tert-OH is 1. The van der Waals surface area contributed by atoms with E-state index in [1.807, 2.05) is 31.3 Å². The second kappa shape index (κ2) is 6.30. The van der Waals surface area contributed by atoms with Gasteiger partial charge in [0, 0.05) is 29.7 Å². The molecule has 0 saturated carbocycles. The number of nitrogens with zero attached hydrogens (tertiary/aromatic N) is 2. The van der Waals surface area contributed by atoms with Crippen LogP contribution in [0.2, 0.25) is 5.02 Å². The number of rotatable bonds is 3. The Morgan fingerprint density at radius 1 is 1.43 bits per heavy atom. The van der Waals surface area contributed by atoms with Gasteiger partial charge in [0.05, 0.1) is 11.6 Å². The van der Waals surface area contributed by atoms with Crippen molar-refractivity contribution in [2.75, 3.05) is 13.1 Å². The predicted octanol–water partition coefficient (Wildman–Crippen LogP) is 3.48. The van der Waals surface area contributed by atoms with E-state index in [1.165, 1.54) is 5.56 Å². The van der Waals surface area contributed by atoms with Gasteiger partial charge < -0.3 is 5.11 Å². The van der Waals surface area contributed by atoms with Gasteiger partial charge in [0.1, 0.15) is 0 Å². The molecule has 0 spiro atoms. The molecule has 2 aromatic rings. The molecule has 1 fully saturated rings. The lowest BCUT2D eigenvalue weighted by atomic mass is 9.93. The number of halogens is 1. The summed E-state index contributed by atoms with van der Waals surface area (Å²) in [6.07, 6.45) is 3.85. The zero-order valence-electron chi connectivity index (χ0n) is 12.3. The summed E-state index contributed by atoms with van der Waals surface area (Å²) in [6.45, 7) is 4.80. The summed E-state index contributed by atoms with van der Waals surface area (Å²) in [7, 11) is 0. The molecule has 1 saturated heterocycles. The Bertz CT molecular complexity index is 629. The lowest BCUT2D eigenvalue weighted by molar-refractivity contribution is 0.0600. The van der Waals surface area contributed by atoms with Gasteiger partial charge >= 0.3 is 0 Å². The van der Waals surface area contributed by atoms with Gasteiger partial charge in [-0.1, -0.05) is 17.7 Å². The van der Waals surface area contributed by atoms with Crippen molar-refractivity contribution < 1.29 is 5.11 Å². The molecule has 1 N–H and O–H groups in total. The Balaban J connectivity index is 1.83. The molecule has 3 nitrogen and oxygen atoms in total. The highest BCUT2D eigenvalue weighted by atomic mass is 35.5. The third-order valence-corrected chi connectivity index (χ3v) is 4.75. The van der Waals surface area contributed by atoms with Crippen LogP contribution in [0.4, 0.5) is 0 Å². The Kier molecular flexibility index (Phi) is 4.43. The molecule has 4 heteroatoms. The van der Waals surface area contributed by atoms with Gasteiger partial charge in [-0.05, 0) is 56.0 Å². The highest BCUT2D eigenvalue weighted by Crippen LogP contribution is 2.27. The number of aromatic nitrogens is 1. The fraction of sp³-hybridized carbons (Fsp3) is 0.471. The van der Waals surface area contributed by atoms with Crippen molar-refractivity contribution in [3.63, 3.8) is 0 Å². The molecular formula is C17H21ClN2O. The van der Waals surface area contributed by atoms with Crippen molar-refractivity contribution in [1.82, 2.24) is 9.88 Å². The molecule has 1 aromatic heterocycles. The molecule has 1 aromatic carbocycles. The number of pyridine rings is 1. The molecule has 2 heterocycles. The van der Waals surface area contributed by atoms with Crippen LogP contribution in [0, 0.1) is 5.92 Å². The summed E-state index contributed by atoms with van der Waals surface area (Å²) in [6, 6.07) is 7.96. The van der Waals surface area contributed by atoms with E-state index in [0.717, 1.165) is 48.4 Å². The number of benzene rings is 1. The fourth-order valence-electron chi connectivity index (χ4n) is 3.19. The number of fused-ring (bicyclic) bond motifs is 1. The third-order valence-electron chi connectivity index (χ3n) is 4.42. The number of likely N-dealkylation sites (tertiary alicyclic amines) is 1. The van der Waals surface area contributed by atoms with Crippen molar-refractivity contribution in [1.29, 1.82) is 0 Å². The number of hydrogen-bond donors (Lipinski definition) is 1. The highest BCUT2D eigenvalue weighted by molar-refractivity contribution is 6.35. The van der Waals surface area contributed by atoms with Crippen LogP contribution in [-0.4, -0.2) is 34.2 Å².